The highest BCUT2D eigenvalue weighted by atomic mass is 79.9. The predicted molar refractivity (Wildman–Crippen MR) is 86.5 cm³/mol. The van der Waals surface area contributed by atoms with Gasteiger partial charge in [0.25, 0.3) is 0 Å². The van der Waals surface area contributed by atoms with Crippen molar-refractivity contribution in [1.82, 2.24) is 9.29 Å². The first-order valence-electron chi connectivity index (χ1n) is 6.47. The number of pyridine rings is 1. The van der Waals surface area contributed by atoms with Crippen LogP contribution >= 0.6 is 15.9 Å². The molecule has 0 saturated carbocycles. The van der Waals surface area contributed by atoms with Crippen LogP contribution < -0.4 is 0 Å². The van der Waals surface area contributed by atoms with E-state index in [9.17, 15) is 8.42 Å². The van der Waals surface area contributed by atoms with Crippen molar-refractivity contribution in [3.8, 4) is 0 Å². The standard InChI is InChI=1S/C15H17BrN2O2S/c1-11-4-6-13(7-5-11)12(2)18(3)21(19,20)15-8-14(16)9-17-10-15/h4-10,12H,1-3H3. The molecule has 21 heavy (non-hydrogen) atoms. The van der Waals surface area contributed by atoms with Crippen molar-refractivity contribution in [2.45, 2.75) is 24.8 Å². The molecule has 0 aliphatic heterocycles. The van der Waals surface area contributed by atoms with Gasteiger partial charge >= 0.3 is 0 Å². The monoisotopic (exact) mass is 368 g/mol. The van der Waals surface area contributed by atoms with Gasteiger partial charge in [0, 0.05) is 30.0 Å². The molecule has 4 nitrogen and oxygen atoms in total. The van der Waals surface area contributed by atoms with E-state index in [1.165, 1.54) is 10.5 Å². The fraction of sp³-hybridized carbons (Fsp3) is 0.267. The maximum Gasteiger partial charge on any atom is 0.244 e. The summed E-state index contributed by atoms with van der Waals surface area (Å²) in [7, 11) is -1.99. The molecule has 1 aromatic carbocycles. The highest BCUT2D eigenvalue weighted by Crippen LogP contribution is 2.26. The molecule has 2 aromatic rings. The first-order valence-corrected chi connectivity index (χ1v) is 8.71. The van der Waals surface area contributed by atoms with E-state index in [0.717, 1.165) is 11.1 Å². The zero-order valence-corrected chi connectivity index (χ0v) is 14.5. The van der Waals surface area contributed by atoms with Crippen LogP contribution in [0.1, 0.15) is 24.1 Å². The van der Waals surface area contributed by atoms with E-state index >= 15 is 0 Å². The van der Waals surface area contributed by atoms with Gasteiger partial charge in [0.1, 0.15) is 4.90 Å². The van der Waals surface area contributed by atoms with Crippen LogP contribution in [-0.2, 0) is 10.0 Å². The summed E-state index contributed by atoms with van der Waals surface area (Å²) in [6, 6.07) is 9.16. The molecule has 0 amide bonds. The van der Waals surface area contributed by atoms with Gasteiger partial charge in [0.15, 0.2) is 0 Å². The van der Waals surface area contributed by atoms with Crippen LogP contribution in [0.25, 0.3) is 0 Å². The lowest BCUT2D eigenvalue weighted by atomic mass is 10.1. The Kier molecular flexibility index (Phi) is 4.81. The number of nitrogens with zero attached hydrogens (tertiary/aromatic N) is 2. The van der Waals surface area contributed by atoms with Crippen molar-refractivity contribution in [2.75, 3.05) is 7.05 Å². The number of aryl methyl sites for hydroxylation is 1. The van der Waals surface area contributed by atoms with Gasteiger partial charge in [0.05, 0.1) is 0 Å². The van der Waals surface area contributed by atoms with Gasteiger partial charge in [0.2, 0.25) is 10.0 Å². The number of halogens is 1. The third kappa shape index (κ3) is 3.51. The van der Waals surface area contributed by atoms with E-state index in [2.05, 4.69) is 20.9 Å². The molecule has 6 heteroatoms. The Bertz CT molecular complexity index is 730. The Labute approximate surface area is 134 Å². The van der Waals surface area contributed by atoms with Gasteiger partial charge in [-0.15, -0.1) is 0 Å². The van der Waals surface area contributed by atoms with E-state index in [4.69, 9.17) is 0 Å². The SMILES string of the molecule is Cc1ccc(C(C)N(C)S(=O)(=O)c2cncc(Br)c2)cc1. The van der Waals surface area contributed by atoms with Crippen LogP contribution in [0.4, 0.5) is 0 Å². The second-order valence-corrected chi connectivity index (χ2v) is 7.86. The highest BCUT2D eigenvalue weighted by molar-refractivity contribution is 9.10. The molecule has 0 fully saturated rings. The molecular formula is C15H17BrN2O2S. The molecule has 0 radical (unpaired) electrons. The maximum atomic E-state index is 12.6. The van der Waals surface area contributed by atoms with Crippen LogP contribution in [0.15, 0.2) is 52.1 Å². The van der Waals surface area contributed by atoms with E-state index in [1.807, 2.05) is 38.1 Å². The minimum atomic E-state index is -3.58. The summed E-state index contributed by atoms with van der Waals surface area (Å²) in [4.78, 5) is 4.10. The van der Waals surface area contributed by atoms with E-state index < -0.39 is 10.0 Å². The largest absolute Gasteiger partial charge is 0.262 e. The number of hydrogen-bond donors (Lipinski definition) is 0. The summed E-state index contributed by atoms with van der Waals surface area (Å²) in [5, 5.41) is 0. The van der Waals surface area contributed by atoms with Crippen molar-refractivity contribution in [1.29, 1.82) is 0 Å². The number of hydrogen-bond acceptors (Lipinski definition) is 3. The maximum absolute atomic E-state index is 12.6. The molecule has 0 aliphatic carbocycles. The molecule has 0 saturated heterocycles. The second kappa shape index (κ2) is 6.25. The lowest BCUT2D eigenvalue weighted by Gasteiger charge is -2.24. The molecule has 0 N–H and O–H groups in total. The summed E-state index contributed by atoms with van der Waals surface area (Å²) in [6.07, 6.45) is 2.92. The molecular weight excluding hydrogens is 352 g/mol. The molecule has 1 atom stereocenters. The summed E-state index contributed by atoms with van der Waals surface area (Å²) in [6.45, 7) is 3.87. The minimum absolute atomic E-state index is 0.179. The lowest BCUT2D eigenvalue weighted by molar-refractivity contribution is 0.398. The zero-order valence-electron chi connectivity index (χ0n) is 12.1. The molecule has 0 aliphatic rings. The van der Waals surface area contributed by atoms with Gasteiger partial charge in [-0.05, 0) is 41.4 Å². The smallest absolute Gasteiger partial charge is 0.244 e. The molecule has 0 bridgehead atoms. The number of aromatic nitrogens is 1. The van der Waals surface area contributed by atoms with Gasteiger partial charge in [-0.2, -0.15) is 4.31 Å². The summed E-state index contributed by atoms with van der Waals surface area (Å²) < 4.78 is 27.3. The average Bonchev–Trinajstić information content (AvgIpc) is 2.46. The van der Waals surface area contributed by atoms with Crippen molar-refractivity contribution >= 4 is 26.0 Å². The first-order chi connectivity index (χ1) is 9.82. The minimum Gasteiger partial charge on any atom is -0.262 e. The lowest BCUT2D eigenvalue weighted by Crippen LogP contribution is -2.29. The van der Waals surface area contributed by atoms with E-state index in [-0.39, 0.29) is 10.9 Å². The summed E-state index contributed by atoms with van der Waals surface area (Å²) in [5.41, 5.74) is 2.10. The fourth-order valence-electron chi connectivity index (χ4n) is 1.96. The third-order valence-corrected chi connectivity index (χ3v) is 5.79. The van der Waals surface area contributed by atoms with Crippen LogP contribution in [0.2, 0.25) is 0 Å². The van der Waals surface area contributed by atoms with Crippen LogP contribution in [0.3, 0.4) is 0 Å². The van der Waals surface area contributed by atoms with Gasteiger partial charge in [-0.1, -0.05) is 29.8 Å². The van der Waals surface area contributed by atoms with Gasteiger partial charge < -0.3 is 0 Å². The molecule has 1 heterocycles. The van der Waals surface area contributed by atoms with Crippen molar-refractivity contribution in [3.63, 3.8) is 0 Å². The van der Waals surface area contributed by atoms with Crippen LogP contribution in [0.5, 0.6) is 0 Å². The molecule has 112 valence electrons. The average molecular weight is 369 g/mol. The third-order valence-electron chi connectivity index (χ3n) is 3.46. The summed E-state index contributed by atoms with van der Waals surface area (Å²) in [5.74, 6) is 0. The zero-order chi connectivity index (χ0) is 15.6. The number of benzene rings is 1. The molecule has 2 rings (SSSR count). The Morgan fingerprint density at radius 1 is 1.19 bits per heavy atom. The normalized spacial score (nSPS) is 13.4. The molecule has 0 spiro atoms. The Morgan fingerprint density at radius 3 is 2.38 bits per heavy atom. The van der Waals surface area contributed by atoms with Gasteiger partial charge in [-0.25, -0.2) is 8.42 Å². The van der Waals surface area contributed by atoms with E-state index in [0.29, 0.717) is 4.47 Å². The van der Waals surface area contributed by atoms with E-state index in [1.54, 1.807) is 19.3 Å². The topological polar surface area (TPSA) is 50.3 Å². The first kappa shape index (κ1) is 16.1. The van der Waals surface area contributed by atoms with Crippen molar-refractivity contribution in [3.05, 3.63) is 58.3 Å². The summed E-state index contributed by atoms with van der Waals surface area (Å²) >= 11 is 3.25. The Hall–Kier alpha value is -1.24. The van der Waals surface area contributed by atoms with Crippen molar-refractivity contribution in [2.24, 2.45) is 0 Å². The number of rotatable bonds is 4. The fourth-order valence-corrected chi connectivity index (χ4v) is 3.82. The van der Waals surface area contributed by atoms with Crippen LogP contribution in [-0.4, -0.2) is 24.8 Å². The Morgan fingerprint density at radius 2 is 1.81 bits per heavy atom. The highest BCUT2D eigenvalue weighted by Gasteiger charge is 2.26. The quantitative estimate of drug-likeness (QED) is 0.829. The molecule has 1 unspecified atom stereocenters. The Balaban J connectivity index is 2.33. The number of sulfonamides is 1. The second-order valence-electron chi connectivity index (χ2n) is 4.95. The van der Waals surface area contributed by atoms with Crippen LogP contribution in [0, 0.1) is 6.92 Å². The molecule has 1 aromatic heterocycles. The predicted octanol–water partition coefficient (Wildman–Crippen LogP) is 3.53. The van der Waals surface area contributed by atoms with Crippen molar-refractivity contribution < 1.29 is 8.42 Å². The van der Waals surface area contributed by atoms with Gasteiger partial charge in [-0.3, -0.25) is 4.98 Å².